The number of nitrogens with zero attached hydrogens (tertiary/aromatic N) is 2. The van der Waals surface area contributed by atoms with Gasteiger partial charge in [-0.15, -0.1) is 0 Å². The highest BCUT2D eigenvalue weighted by molar-refractivity contribution is 5.79. The molecule has 0 radical (unpaired) electrons. The first kappa shape index (κ1) is 12.4. The molecule has 1 aromatic heterocycles. The lowest BCUT2D eigenvalue weighted by atomic mass is 10.1. The van der Waals surface area contributed by atoms with Crippen molar-refractivity contribution in [2.45, 2.75) is 19.9 Å². The van der Waals surface area contributed by atoms with Gasteiger partial charge in [-0.2, -0.15) is 0 Å². The van der Waals surface area contributed by atoms with Gasteiger partial charge in [-0.05, 0) is 24.6 Å². The number of aldehydes is 1. The van der Waals surface area contributed by atoms with Gasteiger partial charge in [0.15, 0.2) is 6.29 Å². The molecular formula is C14H16N2O2. The number of carbonyl (C=O) groups excluding carboxylic acids is 1. The second-order valence-corrected chi connectivity index (χ2v) is 4.00. The normalized spacial score (nSPS) is 10.3. The van der Waals surface area contributed by atoms with Crippen LogP contribution < -0.4 is 4.74 Å². The van der Waals surface area contributed by atoms with Crippen LogP contribution >= 0.6 is 0 Å². The molecule has 0 amide bonds. The number of aryl methyl sites for hydroxylation is 1. The lowest BCUT2D eigenvalue weighted by Gasteiger charge is -2.08. The highest BCUT2D eigenvalue weighted by Crippen LogP contribution is 2.19. The third-order valence-electron chi connectivity index (χ3n) is 2.93. The standard InChI is InChI=1S/C14H16N2O2/c1-3-16-7-6-15-14(16)9-11-4-5-13(18-2)12(8-11)10-17/h4-8,10H,3,9H2,1-2H3. The molecule has 0 saturated carbocycles. The topological polar surface area (TPSA) is 44.1 Å². The minimum atomic E-state index is 0.574. The number of carbonyl (C=O) groups is 1. The van der Waals surface area contributed by atoms with Crippen LogP contribution in [0.15, 0.2) is 30.6 Å². The molecule has 1 heterocycles. The van der Waals surface area contributed by atoms with Gasteiger partial charge in [-0.25, -0.2) is 4.98 Å². The number of imidazole rings is 1. The Labute approximate surface area is 106 Å². The first-order chi connectivity index (χ1) is 8.78. The van der Waals surface area contributed by atoms with E-state index >= 15 is 0 Å². The fraction of sp³-hybridized carbons (Fsp3) is 0.286. The Balaban J connectivity index is 2.27. The predicted molar refractivity (Wildman–Crippen MR) is 69.1 cm³/mol. The van der Waals surface area contributed by atoms with Crippen molar-refractivity contribution in [2.75, 3.05) is 7.11 Å². The van der Waals surface area contributed by atoms with E-state index < -0.39 is 0 Å². The predicted octanol–water partition coefficient (Wildman–Crippen LogP) is 2.31. The van der Waals surface area contributed by atoms with E-state index in [-0.39, 0.29) is 0 Å². The number of hydrogen-bond acceptors (Lipinski definition) is 3. The van der Waals surface area contributed by atoms with Gasteiger partial charge < -0.3 is 9.30 Å². The van der Waals surface area contributed by atoms with E-state index in [0.717, 1.165) is 24.2 Å². The van der Waals surface area contributed by atoms with Gasteiger partial charge >= 0.3 is 0 Å². The van der Waals surface area contributed by atoms with E-state index in [4.69, 9.17) is 4.74 Å². The van der Waals surface area contributed by atoms with Gasteiger partial charge in [0.1, 0.15) is 11.6 Å². The molecule has 94 valence electrons. The zero-order valence-corrected chi connectivity index (χ0v) is 10.6. The summed E-state index contributed by atoms with van der Waals surface area (Å²) in [7, 11) is 1.56. The van der Waals surface area contributed by atoms with Crippen LogP contribution in [0.2, 0.25) is 0 Å². The summed E-state index contributed by atoms with van der Waals surface area (Å²) in [6.45, 7) is 2.97. The average molecular weight is 244 g/mol. The van der Waals surface area contributed by atoms with E-state index in [1.54, 1.807) is 13.3 Å². The van der Waals surface area contributed by atoms with Crippen LogP contribution in [0.25, 0.3) is 0 Å². The van der Waals surface area contributed by atoms with Crippen LogP contribution in [0.3, 0.4) is 0 Å². The molecule has 0 aliphatic carbocycles. The van der Waals surface area contributed by atoms with E-state index in [9.17, 15) is 4.79 Å². The second-order valence-electron chi connectivity index (χ2n) is 4.00. The monoisotopic (exact) mass is 244 g/mol. The molecule has 2 aromatic rings. The van der Waals surface area contributed by atoms with E-state index in [2.05, 4.69) is 16.5 Å². The number of ether oxygens (including phenoxy) is 1. The minimum Gasteiger partial charge on any atom is -0.496 e. The molecule has 0 aliphatic rings. The van der Waals surface area contributed by atoms with Gasteiger partial charge in [0.05, 0.1) is 12.7 Å². The lowest BCUT2D eigenvalue weighted by molar-refractivity contribution is 0.112. The number of hydrogen-bond donors (Lipinski definition) is 0. The first-order valence-electron chi connectivity index (χ1n) is 5.90. The number of methoxy groups -OCH3 is 1. The van der Waals surface area contributed by atoms with Crippen molar-refractivity contribution in [1.29, 1.82) is 0 Å². The summed E-state index contributed by atoms with van der Waals surface area (Å²) in [5, 5.41) is 0. The van der Waals surface area contributed by atoms with Crippen molar-refractivity contribution in [3.05, 3.63) is 47.5 Å². The molecule has 0 saturated heterocycles. The molecule has 0 aliphatic heterocycles. The van der Waals surface area contributed by atoms with E-state index in [0.29, 0.717) is 17.7 Å². The van der Waals surface area contributed by atoms with Crippen LogP contribution in [-0.2, 0) is 13.0 Å². The van der Waals surface area contributed by atoms with Gasteiger partial charge in [0.2, 0.25) is 0 Å². The second kappa shape index (κ2) is 5.49. The molecule has 0 bridgehead atoms. The number of aromatic nitrogens is 2. The third kappa shape index (κ3) is 2.42. The van der Waals surface area contributed by atoms with Crippen molar-refractivity contribution in [1.82, 2.24) is 9.55 Å². The molecule has 0 N–H and O–H groups in total. The van der Waals surface area contributed by atoms with Crippen LogP contribution in [0.1, 0.15) is 28.7 Å². The van der Waals surface area contributed by atoms with Crippen LogP contribution in [0.5, 0.6) is 5.75 Å². The highest BCUT2D eigenvalue weighted by Gasteiger charge is 2.07. The fourth-order valence-corrected chi connectivity index (χ4v) is 1.96. The molecule has 18 heavy (non-hydrogen) atoms. The average Bonchev–Trinajstić information content (AvgIpc) is 2.85. The quantitative estimate of drug-likeness (QED) is 0.758. The molecule has 2 rings (SSSR count). The fourth-order valence-electron chi connectivity index (χ4n) is 1.96. The zero-order valence-electron chi connectivity index (χ0n) is 10.6. The summed E-state index contributed by atoms with van der Waals surface area (Å²) in [4.78, 5) is 15.3. The summed E-state index contributed by atoms with van der Waals surface area (Å²) in [5.74, 6) is 1.60. The van der Waals surface area contributed by atoms with Crippen molar-refractivity contribution in [3.8, 4) is 5.75 Å². The van der Waals surface area contributed by atoms with Crippen LogP contribution in [0.4, 0.5) is 0 Å². The summed E-state index contributed by atoms with van der Waals surface area (Å²) < 4.78 is 7.21. The SMILES string of the molecule is CCn1ccnc1Cc1ccc(OC)c(C=O)c1. The van der Waals surface area contributed by atoms with E-state index in [1.165, 1.54) is 0 Å². The molecule has 4 nitrogen and oxygen atoms in total. The highest BCUT2D eigenvalue weighted by atomic mass is 16.5. The molecule has 4 heteroatoms. The summed E-state index contributed by atoms with van der Waals surface area (Å²) in [6.07, 6.45) is 5.28. The first-order valence-corrected chi connectivity index (χ1v) is 5.90. The summed E-state index contributed by atoms with van der Waals surface area (Å²) in [5.41, 5.74) is 1.63. The maximum atomic E-state index is 11.0. The maximum Gasteiger partial charge on any atom is 0.153 e. The molecule has 1 aromatic carbocycles. The number of benzene rings is 1. The van der Waals surface area contributed by atoms with Crippen molar-refractivity contribution >= 4 is 6.29 Å². The van der Waals surface area contributed by atoms with Crippen LogP contribution in [0, 0.1) is 0 Å². The van der Waals surface area contributed by atoms with Crippen molar-refractivity contribution in [3.63, 3.8) is 0 Å². The Morgan fingerprint density at radius 3 is 2.94 bits per heavy atom. The number of rotatable bonds is 5. The Morgan fingerprint density at radius 2 is 2.28 bits per heavy atom. The molecular weight excluding hydrogens is 228 g/mol. The largest absolute Gasteiger partial charge is 0.496 e. The lowest BCUT2D eigenvalue weighted by Crippen LogP contribution is -2.02. The van der Waals surface area contributed by atoms with Gasteiger partial charge in [0, 0.05) is 25.4 Å². The molecule has 0 spiro atoms. The Kier molecular flexibility index (Phi) is 3.77. The minimum absolute atomic E-state index is 0.574. The summed E-state index contributed by atoms with van der Waals surface area (Å²) in [6, 6.07) is 5.62. The third-order valence-corrected chi connectivity index (χ3v) is 2.93. The molecule has 0 atom stereocenters. The van der Waals surface area contributed by atoms with Gasteiger partial charge in [-0.3, -0.25) is 4.79 Å². The molecule has 0 fully saturated rings. The van der Waals surface area contributed by atoms with Gasteiger partial charge in [-0.1, -0.05) is 6.07 Å². The smallest absolute Gasteiger partial charge is 0.153 e. The van der Waals surface area contributed by atoms with Crippen molar-refractivity contribution < 1.29 is 9.53 Å². The Morgan fingerprint density at radius 1 is 1.44 bits per heavy atom. The Hall–Kier alpha value is -2.10. The zero-order chi connectivity index (χ0) is 13.0. The van der Waals surface area contributed by atoms with Crippen LogP contribution in [-0.4, -0.2) is 22.9 Å². The van der Waals surface area contributed by atoms with E-state index in [1.807, 2.05) is 24.4 Å². The summed E-state index contributed by atoms with van der Waals surface area (Å²) >= 11 is 0. The Bertz CT molecular complexity index is 546. The van der Waals surface area contributed by atoms with Gasteiger partial charge in [0.25, 0.3) is 0 Å². The van der Waals surface area contributed by atoms with Crippen molar-refractivity contribution in [2.24, 2.45) is 0 Å². The molecule has 0 unspecified atom stereocenters. The maximum absolute atomic E-state index is 11.0.